The zero-order chi connectivity index (χ0) is 16.8. The highest BCUT2D eigenvalue weighted by atomic mass is 16.6. The summed E-state index contributed by atoms with van der Waals surface area (Å²) in [6.07, 6.45) is 0.0614. The Morgan fingerprint density at radius 2 is 1.82 bits per heavy atom. The van der Waals surface area contributed by atoms with E-state index >= 15 is 0 Å². The first-order chi connectivity index (χ1) is 10.2. The lowest BCUT2D eigenvalue weighted by Crippen LogP contribution is -2.27. The van der Waals surface area contributed by atoms with Crippen molar-refractivity contribution in [2.45, 2.75) is 52.2 Å². The Balaban J connectivity index is 2.69. The number of aliphatic carboxylic acids is 1. The molecule has 0 saturated heterocycles. The van der Waals surface area contributed by atoms with Gasteiger partial charge in [-0.25, -0.2) is 4.79 Å². The van der Waals surface area contributed by atoms with Gasteiger partial charge in [0.1, 0.15) is 5.60 Å². The number of carboxylic acids is 1. The van der Waals surface area contributed by atoms with Gasteiger partial charge in [-0.05, 0) is 46.2 Å². The number of benzene rings is 1. The van der Waals surface area contributed by atoms with E-state index in [1.165, 1.54) is 0 Å². The summed E-state index contributed by atoms with van der Waals surface area (Å²) in [6.45, 7) is 7.29. The molecule has 6 nitrogen and oxygen atoms in total. The Labute approximate surface area is 130 Å². The van der Waals surface area contributed by atoms with E-state index in [4.69, 9.17) is 9.84 Å². The Morgan fingerprint density at radius 1 is 1.23 bits per heavy atom. The smallest absolute Gasteiger partial charge is 0.412 e. The predicted octanol–water partition coefficient (Wildman–Crippen LogP) is 3.70. The highest BCUT2D eigenvalue weighted by Gasteiger charge is 2.17. The van der Waals surface area contributed by atoms with Gasteiger partial charge in [0.2, 0.25) is 0 Å². The number of rotatable bonds is 6. The van der Waals surface area contributed by atoms with Crippen molar-refractivity contribution in [2.24, 2.45) is 0 Å². The fraction of sp³-hybridized carbons (Fsp3) is 0.500. The van der Waals surface area contributed by atoms with Gasteiger partial charge in [-0.15, -0.1) is 0 Å². The minimum Gasteiger partial charge on any atom is -0.481 e. The van der Waals surface area contributed by atoms with Crippen molar-refractivity contribution < 1.29 is 19.4 Å². The molecule has 1 amide bonds. The molecule has 0 saturated carbocycles. The molecule has 0 bridgehead atoms. The van der Waals surface area contributed by atoms with Crippen LogP contribution < -0.4 is 10.6 Å². The summed E-state index contributed by atoms with van der Waals surface area (Å²) >= 11 is 0. The van der Waals surface area contributed by atoms with Gasteiger partial charge in [-0.2, -0.15) is 0 Å². The van der Waals surface area contributed by atoms with Gasteiger partial charge in [-0.1, -0.05) is 12.1 Å². The number of carbonyl (C=O) groups is 2. The lowest BCUT2D eigenvalue weighted by molar-refractivity contribution is -0.137. The third-order valence-electron chi connectivity index (χ3n) is 2.76. The first-order valence-electron chi connectivity index (χ1n) is 7.25. The number of hydrogen-bond donors (Lipinski definition) is 3. The van der Waals surface area contributed by atoms with Gasteiger partial charge in [-0.3, -0.25) is 10.1 Å². The first-order valence-corrected chi connectivity index (χ1v) is 7.25. The van der Waals surface area contributed by atoms with E-state index in [2.05, 4.69) is 10.6 Å². The van der Waals surface area contributed by atoms with Gasteiger partial charge in [0.25, 0.3) is 0 Å². The number of anilines is 2. The Kier molecular flexibility index (Phi) is 6.22. The number of hydrogen-bond acceptors (Lipinski definition) is 4. The number of para-hydroxylation sites is 2. The van der Waals surface area contributed by atoms with E-state index in [-0.39, 0.29) is 12.5 Å². The maximum absolute atomic E-state index is 11.8. The van der Waals surface area contributed by atoms with Crippen molar-refractivity contribution in [2.75, 3.05) is 10.6 Å². The molecule has 0 aliphatic rings. The Bertz CT molecular complexity index is 523. The molecular weight excluding hydrogens is 284 g/mol. The normalized spacial score (nSPS) is 12.4. The van der Waals surface area contributed by atoms with Crippen LogP contribution in [0, 0.1) is 0 Å². The lowest BCUT2D eigenvalue weighted by Gasteiger charge is -2.21. The number of carbonyl (C=O) groups excluding carboxylic acids is 1. The van der Waals surface area contributed by atoms with E-state index in [1.807, 2.05) is 19.1 Å². The monoisotopic (exact) mass is 308 g/mol. The average molecular weight is 308 g/mol. The lowest BCUT2D eigenvalue weighted by atomic mass is 10.1. The van der Waals surface area contributed by atoms with E-state index < -0.39 is 17.7 Å². The third-order valence-corrected chi connectivity index (χ3v) is 2.76. The third kappa shape index (κ3) is 6.97. The van der Waals surface area contributed by atoms with Crippen LogP contribution >= 0.6 is 0 Å². The number of ether oxygens (including phenoxy) is 1. The molecule has 3 N–H and O–H groups in total. The van der Waals surface area contributed by atoms with Gasteiger partial charge < -0.3 is 15.2 Å². The maximum Gasteiger partial charge on any atom is 0.412 e. The van der Waals surface area contributed by atoms with Gasteiger partial charge >= 0.3 is 12.1 Å². The average Bonchev–Trinajstić information content (AvgIpc) is 2.36. The SMILES string of the molecule is CC(CCC(=O)O)Nc1ccccc1NC(=O)OC(C)(C)C. The molecule has 1 atom stereocenters. The number of carboxylic acid groups (broad SMARTS) is 1. The molecule has 22 heavy (non-hydrogen) atoms. The van der Waals surface area contributed by atoms with E-state index in [0.717, 1.165) is 5.69 Å². The zero-order valence-corrected chi connectivity index (χ0v) is 13.5. The van der Waals surface area contributed by atoms with Crippen molar-refractivity contribution in [3.05, 3.63) is 24.3 Å². The van der Waals surface area contributed by atoms with Crippen LogP contribution in [0.3, 0.4) is 0 Å². The first kappa shape index (κ1) is 17.8. The van der Waals surface area contributed by atoms with E-state index in [0.29, 0.717) is 12.1 Å². The van der Waals surface area contributed by atoms with E-state index in [9.17, 15) is 9.59 Å². The largest absolute Gasteiger partial charge is 0.481 e. The van der Waals surface area contributed by atoms with Crippen LogP contribution in [0.15, 0.2) is 24.3 Å². The molecule has 0 spiro atoms. The van der Waals surface area contributed by atoms with Crippen LogP contribution in [-0.2, 0) is 9.53 Å². The molecule has 1 aromatic carbocycles. The quantitative estimate of drug-likeness (QED) is 0.746. The second-order valence-electron chi connectivity index (χ2n) is 6.15. The molecule has 1 aromatic rings. The van der Waals surface area contributed by atoms with Crippen molar-refractivity contribution in [1.82, 2.24) is 0 Å². The molecule has 1 unspecified atom stereocenters. The predicted molar refractivity (Wildman–Crippen MR) is 86.3 cm³/mol. The fourth-order valence-corrected chi connectivity index (χ4v) is 1.81. The van der Waals surface area contributed by atoms with Crippen molar-refractivity contribution in [1.29, 1.82) is 0 Å². The van der Waals surface area contributed by atoms with Crippen LogP contribution in [-0.4, -0.2) is 28.8 Å². The summed E-state index contributed by atoms with van der Waals surface area (Å²) in [5.74, 6) is -0.825. The standard InChI is InChI=1S/C16H24N2O4/c1-11(9-10-14(19)20)17-12-7-5-6-8-13(12)18-15(21)22-16(2,3)4/h5-8,11,17H,9-10H2,1-4H3,(H,18,21)(H,19,20). The fourth-order valence-electron chi connectivity index (χ4n) is 1.81. The Hall–Kier alpha value is -2.24. The summed E-state index contributed by atoms with van der Waals surface area (Å²) in [5, 5.41) is 14.6. The van der Waals surface area contributed by atoms with Gasteiger partial charge in [0.15, 0.2) is 0 Å². The summed E-state index contributed by atoms with van der Waals surface area (Å²) in [6, 6.07) is 7.20. The van der Waals surface area contributed by atoms with Crippen molar-refractivity contribution in [3.8, 4) is 0 Å². The van der Waals surface area contributed by atoms with Crippen molar-refractivity contribution in [3.63, 3.8) is 0 Å². The second kappa shape index (κ2) is 7.68. The summed E-state index contributed by atoms with van der Waals surface area (Å²) in [4.78, 5) is 22.4. The van der Waals surface area contributed by atoms with Crippen LogP contribution in [0.1, 0.15) is 40.5 Å². The molecule has 0 radical (unpaired) electrons. The highest BCUT2D eigenvalue weighted by molar-refractivity contribution is 5.89. The summed E-state index contributed by atoms with van der Waals surface area (Å²) in [5.41, 5.74) is 0.756. The minimum atomic E-state index is -0.825. The molecule has 0 fully saturated rings. The Morgan fingerprint density at radius 3 is 2.36 bits per heavy atom. The summed E-state index contributed by atoms with van der Waals surface area (Å²) < 4.78 is 5.23. The highest BCUT2D eigenvalue weighted by Crippen LogP contribution is 2.23. The van der Waals surface area contributed by atoms with Crippen molar-refractivity contribution >= 4 is 23.4 Å². The minimum absolute atomic E-state index is 0.0299. The number of nitrogens with one attached hydrogen (secondary N) is 2. The van der Waals surface area contributed by atoms with Crippen LogP contribution in [0.5, 0.6) is 0 Å². The topological polar surface area (TPSA) is 87.7 Å². The molecule has 0 aliphatic carbocycles. The van der Waals surface area contributed by atoms with Crippen LogP contribution in [0.25, 0.3) is 0 Å². The maximum atomic E-state index is 11.8. The zero-order valence-electron chi connectivity index (χ0n) is 13.5. The van der Waals surface area contributed by atoms with E-state index in [1.54, 1.807) is 32.9 Å². The van der Waals surface area contributed by atoms with Gasteiger partial charge in [0, 0.05) is 12.5 Å². The van der Waals surface area contributed by atoms with Crippen LogP contribution in [0.2, 0.25) is 0 Å². The molecule has 0 heterocycles. The molecule has 0 aromatic heterocycles. The summed E-state index contributed by atoms with van der Waals surface area (Å²) in [7, 11) is 0. The van der Waals surface area contributed by atoms with Crippen LogP contribution in [0.4, 0.5) is 16.2 Å². The molecule has 0 aliphatic heterocycles. The number of amides is 1. The molecule has 6 heteroatoms. The molecule has 122 valence electrons. The molecule has 1 rings (SSSR count). The van der Waals surface area contributed by atoms with Gasteiger partial charge in [0.05, 0.1) is 11.4 Å². The second-order valence-corrected chi connectivity index (χ2v) is 6.15. The molecular formula is C16H24N2O4.